The summed E-state index contributed by atoms with van der Waals surface area (Å²) in [6, 6.07) is 32.0. The molecule has 23 heavy (non-hydrogen) atoms. The fourth-order valence-electron chi connectivity index (χ4n) is 3.13. The summed E-state index contributed by atoms with van der Waals surface area (Å²) in [6.07, 6.45) is 2.16. The fraction of sp³-hybridized carbons (Fsp3) is 0.136. The van der Waals surface area contributed by atoms with Crippen molar-refractivity contribution in [3.8, 4) is 0 Å². The molecule has 0 aromatic heterocycles. The largest absolute Gasteiger partial charge is 0.300 e. The van der Waals surface area contributed by atoms with Gasteiger partial charge in [0.25, 0.3) is 0 Å². The van der Waals surface area contributed by atoms with Gasteiger partial charge in [0.2, 0.25) is 0 Å². The smallest absolute Gasteiger partial charge is 0.0948 e. The normalized spacial score (nSPS) is 11.3. The van der Waals surface area contributed by atoms with Crippen LogP contribution >= 0.6 is 0 Å². The van der Waals surface area contributed by atoms with Crippen molar-refractivity contribution < 1.29 is 0 Å². The van der Waals surface area contributed by atoms with E-state index in [4.69, 9.17) is 0 Å². The molecule has 115 valence electrons. The highest BCUT2D eigenvalue weighted by molar-refractivity contribution is 5.49. The van der Waals surface area contributed by atoms with Crippen molar-refractivity contribution in [1.29, 1.82) is 0 Å². The van der Waals surface area contributed by atoms with E-state index in [0.29, 0.717) is 0 Å². The van der Waals surface area contributed by atoms with Crippen molar-refractivity contribution in [2.45, 2.75) is 12.5 Å². The molecule has 1 N–H and O–H groups in total. The number of hydrogen-bond donors (Lipinski definition) is 1. The van der Waals surface area contributed by atoms with Gasteiger partial charge in [0.15, 0.2) is 0 Å². The zero-order valence-electron chi connectivity index (χ0n) is 13.4. The van der Waals surface area contributed by atoms with Crippen molar-refractivity contribution >= 4 is 0 Å². The third-order valence-corrected chi connectivity index (χ3v) is 4.19. The van der Waals surface area contributed by atoms with E-state index in [2.05, 4.69) is 110 Å². The van der Waals surface area contributed by atoms with Gasteiger partial charge in [-0.05, 0) is 29.7 Å². The first-order chi connectivity index (χ1) is 11.4. The van der Waals surface area contributed by atoms with Crippen molar-refractivity contribution in [1.82, 2.24) is 5.32 Å². The van der Waals surface area contributed by atoms with Crippen LogP contribution in [0.5, 0.6) is 0 Å². The Balaban J connectivity index is 2.25. The Morgan fingerprint density at radius 2 is 1.00 bits per heavy atom. The quantitative estimate of drug-likeness (QED) is 0.645. The Morgan fingerprint density at radius 1 is 0.652 bits per heavy atom. The fourth-order valence-corrected chi connectivity index (χ4v) is 3.13. The highest BCUT2D eigenvalue weighted by Gasteiger charge is 2.35. The number of nitrogens with one attached hydrogen (secondary N) is 1. The summed E-state index contributed by atoms with van der Waals surface area (Å²) in [5.41, 5.74) is 3.40. The topological polar surface area (TPSA) is 12.0 Å². The van der Waals surface area contributed by atoms with Crippen LogP contribution in [0.1, 0.15) is 23.6 Å². The Labute approximate surface area is 139 Å². The van der Waals surface area contributed by atoms with E-state index in [0.717, 1.165) is 6.54 Å². The van der Waals surface area contributed by atoms with Crippen LogP contribution in [0.25, 0.3) is 0 Å². The van der Waals surface area contributed by atoms with Crippen LogP contribution < -0.4 is 5.32 Å². The average Bonchev–Trinajstić information content (AvgIpc) is 2.65. The Kier molecular flexibility index (Phi) is 4.89. The number of rotatable bonds is 6. The molecule has 0 aliphatic heterocycles. The van der Waals surface area contributed by atoms with Gasteiger partial charge in [-0.2, -0.15) is 0 Å². The zero-order chi connectivity index (χ0) is 16.0. The van der Waals surface area contributed by atoms with Crippen LogP contribution in [0.3, 0.4) is 0 Å². The monoisotopic (exact) mass is 300 g/mol. The molecule has 0 atom stereocenters. The van der Waals surface area contributed by atoms with Gasteiger partial charge in [-0.25, -0.2) is 0 Å². The molecule has 0 spiro atoms. The average molecular weight is 300 g/mol. The molecule has 0 amide bonds. The maximum absolute atomic E-state index is 3.78. The second-order valence-electron chi connectivity index (χ2n) is 5.64. The molecular weight excluding hydrogens is 278 g/mol. The molecule has 0 bridgehead atoms. The third kappa shape index (κ3) is 3.06. The minimum absolute atomic E-state index is 0.351. The molecule has 0 saturated carbocycles. The Morgan fingerprint density at radius 3 is 1.30 bits per heavy atom. The van der Waals surface area contributed by atoms with E-state index in [1.54, 1.807) is 0 Å². The summed E-state index contributed by atoms with van der Waals surface area (Å²) in [6.45, 7) is 2.91. The number of benzene rings is 3. The van der Waals surface area contributed by atoms with E-state index in [-0.39, 0.29) is 5.54 Å². The lowest BCUT2D eigenvalue weighted by atomic mass is 9.77. The number of hydrogen-bond acceptors (Lipinski definition) is 1. The SMILES string of the molecule is C[CH]CNC(c1ccccc1)(c1ccccc1)c1ccccc1. The molecule has 1 nitrogen and oxygen atoms in total. The molecular formula is C22H22N. The van der Waals surface area contributed by atoms with Crippen LogP contribution in [0.15, 0.2) is 91.0 Å². The minimum atomic E-state index is -0.351. The second-order valence-corrected chi connectivity index (χ2v) is 5.64. The van der Waals surface area contributed by atoms with Gasteiger partial charge in [0.1, 0.15) is 0 Å². The molecule has 1 radical (unpaired) electrons. The highest BCUT2D eigenvalue weighted by Crippen LogP contribution is 2.36. The van der Waals surface area contributed by atoms with Crippen LogP contribution in [0, 0.1) is 6.42 Å². The maximum atomic E-state index is 3.78. The first-order valence-corrected chi connectivity index (χ1v) is 8.07. The Bertz CT molecular complexity index is 608. The van der Waals surface area contributed by atoms with E-state index >= 15 is 0 Å². The van der Waals surface area contributed by atoms with E-state index in [1.165, 1.54) is 16.7 Å². The maximum Gasteiger partial charge on any atom is 0.0948 e. The third-order valence-electron chi connectivity index (χ3n) is 4.19. The Hall–Kier alpha value is -2.38. The van der Waals surface area contributed by atoms with Gasteiger partial charge < -0.3 is 0 Å². The molecule has 3 rings (SSSR count). The summed E-state index contributed by atoms with van der Waals surface area (Å²) < 4.78 is 0. The molecule has 3 aromatic carbocycles. The lowest BCUT2D eigenvalue weighted by Gasteiger charge is -2.37. The summed E-state index contributed by atoms with van der Waals surface area (Å²) in [5, 5.41) is 3.78. The predicted molar refractivity (Wildman–Crippen MR) is 97.2 cm³/mol. The highest BCUT2D eigenvalue weighted by atomic mass is 15.0. The summed E-state index contributed by atoms with van der Waals surface area (Å²) >= 11 is 0. The zero-order valence-corrected chi connectivity index (χ0v) is 13.4. The summed E-state index contributed by atoms with van der Waals surface area (Å²) in [5.74, 6) is 0. The van der Waals surface area contributed by atoms with Gasteiger partial charge in [0, 0.05) is 0 Å². The van der Waals surface area contributed by atoms with Crippen LogP contribution in [-0.2, 0) is 5.54 Å². The van der Waals surface area contributed by atoms with E-state index in [1.807, 2.05) is 0 Å². The molecule has 0 heterocycles. The van der Waals surface area contributed by atoms with E-state index < -0.39 is 0 Å². The first-order valence-electron chi connectivity index (χ1n) is 8.07. The summed E-state index contributed by atoms with van der Waals surface area (Å²) in [4.78, 5) is 0. The molecule has 3 aromatic rings. The van der Waals surface area contributed by atoms with Crippen molar-refractivity contribution in [2.75, 3.05) is 6.54 Å². The van der Waals surface area contributed by atoms with Crippen LogP contribution in [0.4, 0.5) is 0 Å². The van der Waals surface area contributed by atoms with Gasteiger partial charge in [-0.1, -0.05) is 97.9 Å². The molecule has 0 saturated heterocycles. The van der Waals surface area contributed by atoms with Crippen molar-refractivity contribution in [3.05, 3.63) is 114 Å². The first kappa shape index (κ1) is 15.5. The molecule has 0 unspecified atom stereocenters. The van der Waals surface area contributed by atoms with Gasteiger partial charge in [-0.15, -0.1) is 0 Å². The van der Waals surface area contributed by atoms with Crippen molar-refractivity contribution in [3.63, 3.8) is 0 Å². The lowest BCUT2D eigenvalue weighted by Crippen LogP contribution is -2.45. The van der Waals surface area contributed by atoms with Crippen molar-refractivity contribution in [2.24, 2.45) is 0 Å². The lowest BCUT2D eigenvalue weighted by molar-refractivity contribution is 0.493. The molecule has 0 aliphatic carbocycles. The van der Waals surface area contributed by atoms with Crippen LogP contribution in [0.2, 0.25) is 0 Å². The summed E-state index contributed by atoms with van der Waals surface area (Å²) in [7, 11) is 0. The van der Waals surface area contributed by atoms with E-state index in [9.17, 15) is 0 Å². The van der Waals surface area contributed by atoms with Crippen LogP contribution in [-0.4, -0.2) is 6.54 Å². The standard InChI is InChI=1S/C22H22N/c1-2-18-23-22(19-12-6-3-7-13-19,20-14-8-4-9-15-20)21-16-10-5-11-17-21/h2-17,23H,18H2,1H3. The second kappa shape index (κ2) is 7.26. The van der Waals surface area contributed by atoms with Gasteiger partial charge >= 0.3 is 0 Å². The molecule has 0 fully saturated rings. The van der Waals surface area contributed by atoms with Gasteiger partial charge in [-0.3, -0.25) is 5.32 Å². The van der Waals surface area contributed by atoms with Gasteiger partial charge in [0.05, 0.1) is 5.54 Å². The molecule has 0 aliphatic rings. The molecule has 1 heteroatoms. The minimum Gasteiger partial charge on any atom is -0.300 e. The predicted octanol–water partition coefficient (Wildman–Crippen LogP) is 4.79.